The summed E-state index contributed by atoms with van der Waals surface area (Å²) in [7, 11) is 0. The number of carbonyl (C=O) groups is 2. The Balaban J connectivity index is 1.47. The topological polar surface area (TPSA) is 67.4 Å². The molecule has 2 aromatic rings. The summed E-state index contributed by atoms with van der Waals surface area (Å²) in [6.07, 6.45) is 5.70. The molecule has 0 heterocycles. The lowest BCUT2D eigenvalue weighted by Gasteiger charge is -2.22. The summed E-state index contributed by atoms with van der Waals surface area (Å²) in [4.78, 5) is 24.3. The lowest BCUT2D eigenvalue weighted by molar-refractivity contribution is -0.118. The van der Waals surface area contributed by atoms with Gasteiger partial charge in [-0.05, 0) is 61.4 Å². The summed E-state index contributed by atoms with van der Waals surface area (Å²) in [6.45, 7) is -0.106. The first-order valence-electron chi connectivity index (χ1n) is 9.19. The predicted molar refractivity (Wildman–Crippen MR) is 106 cm³/mol. The molecule has 1 aliphatic rings. The second-order valence-corrected chi connectivity index (χ2v) is 7.11. The average molecular weight is 387 g/mol. The molecule has 2 N–H and O–H groups in total. The molecular weight excluding hydrogens is 364 g/mol. The summed E-state index contributed by atoms with van der Waals surface area (Å²) < 4.78 is 5.41. The van der Waals surface area contributed by atoms with Gasteiger partial charge in [-0.1, -0.05) is 30.9 Å². The minimum absolute atomic E-state index is 0.0640. The molecule has 0 spiro atoms. The minimum Gasteiger partial charge on any atom is -0.484 e. The second kappa shape index (κ2) is 9.42. The number of rotatable bonds is 6. The zero-order chi connectivity index (χ0) is 19.1. The van der Waals surface area contributed by atoms with Gasteiger partial charge in [-0.2, -0.15) is 0 Å². The van der Waals surface area contributed by atoms with Gasteiger partial charge in [0.2, 0.25) is 0 Å². The Kier molecular flexibility index (Phi) is 6.71. The van der Waals surface area contributed by atoms with E-state index < -0.39 is 0 Å². The fourth-order valence-electron chi connectivity index (χ4n) is 3.10. The lowest BCUT2D eigenvalue weighted by Crippen LogP contribution is -2.36. The smallest absolute Gasteiger partial charge is 0.262 e. The van der Waals surface area contributed by atoms with Crippen LogP contribution in [-0.2, 0) is 4.79 Å². The van der Waals surface area contributed by atoms with Crippen molar-refractivity contribution in [2.45, 2.75) is 38.1 Å². The van der Waals surface area contributed by atoms with Crippen LogP contribution in [-0.4, -0.2) is 24.5 Å². The Bertz CT molecular complexity index is 769. The average Bonchev–Trinajstić information content (AvgIpc) is 2.69. The molecule has 3 rings (SSSR count). The Morgan fingerprint density at radius 2 is 1.63 bits per heavy atom. The first-order chi connectivity index (χ1) is 13.1. The van der Waals surface area contributed by atoms with Gasteiger partial charge < -0.3 is 15.4 Å². The molecule has 6 heteroatoms. The highest BCUT2D eigenvalue weighted by Gasteiger charge is 2.16. The molecule has 0 aromatic heterocycles. The number of hydrogen-bond donors (Lipinski definition) is 2. The van der Waals surface area contributed by atoms with Gasteiger partial charge in [-0.25, -0.2) is 0 Å². The van der Waals surface area contributed by atoms with Crippen LogP contribution in [0.5, 0.6) is 5.75 Å². The molecule has 5 nitrogen and oxygen atoms in total. The van der Waals surface area contributed by atoms with E-state index in [1.54, 1.807) is 48.5 Å². The van der Waals surface area contributed by atoms with Crippen LogP contribution in [0.2, 0.25) is 5.02 Å². The highest BCUT2D eigenvalue weighted by molar-refractivity contribution is 6.30. The summed E-state index contributed by atoms with van der Waals surface area (Å²) in [6, 6.07) is 14.0. The minimum atomic E-state index is -0.274. The fraction of sp³-hybridized carbons (Fsp3) is 0.333. The molecule has 142 valence electrons. The van der Waals surface area contributed by atoms with E-state index >= 15 is 0 Å². The van der Waals surface area contributed by atoms with Crippen LogP contribution in [0, 0.1) is 0 Å². The van der Waals surface area contributed by atoms with Gasteiger partial charge in [0.25, 0.3) is 11.8 Å². The number of anilines is 1. The molecule has 0 saturated heterocycles. The van der Waals surface area contributed by atoms with Gasteiger partial charge in [-0.15, -0.1) is 0 Å². The SMILES string of the molecule is O=C(COc1ccc(Cl)cc1)Nc1ccc(C(=O)NC2CCCCC2)cc1. The first-order valence-corrected chi connectivity index (χ1v) is 9.57. The summed E-state index contributed by atoms with van der Waals surface area (Å²) in [5, 5.41) is 6.44. The molecule has 0 unspecified atom stereocenters. The van der Waals surface area contributed by atoms with Crippen molar-refractivity contribution in [3.05, 3.63) is 59.1 Å². The highest BCUT2D eigenvalue weighted by atomic mass is 35.5. The van der Waals surface area contributed by atoms with Gasteiger partial charge in [-0.3, -0.25) is 9.59 Å². The number of amides is 2. The van der Waals surface area contributed by atoms with Crippen molar-refractivity contribution in [3.63, 3.8) is 0 Å². The van der Waals surface area contributed by atoms with Crippen molar-refractivity contribution in [1.29, 1.82) is 0 Å². The molecule has 0 atom stereocenters. The zero-order valence-electron chi connectivity index (χ0n) is 15.0. The van der Waals surface area contributed by atoms with Crippen LogP contribution in [0.3, 0.4) is 0 Å². The van der Waals surface area contributed by atoms with Crippen LogP contribution in [0.25, 0.3) is 0 Å². The van der Waals surface area contributed by atoms with E-state index in [9.17, 15) is 9.59 Å². The molecule has 1 fully saturated rings. The summed E-state index contributed by atoms with van der Waals surface area (Å²) in [5.41, 5.74) is 1.21. The van der Waals surface area contributed by atoms with Gasteiger partial charge in [0.05, 0.1) is 0 Å². The van der Waals surface area contributed by atoms with Crippen LogP contribution in [0.1, 0.15) is 42.5 Å². The standard InChI is InChI=1S/C21H23ClN2O3/c22-16-8-12-19(13-9-16)27-14-20(25)23-18-10-6-15(7-11-18)21(26)24-17-4-2-1-3-5-17/h6-13,17H,1-5,14H2,(H,23,25)(H,24,26). The third kappa shape index (κ3) is 6.00. The van der Waals surface area contributed by atoms with E-state index in [4.69, 9.17) is 16.3 Å². The maximum atomic E-state index is 12.3. The quantitative estimate of drug-likeness (QED) is 0.772. The fourth-order valence-corrected chi connectivity index (χ4v) is 3.22. The third-order valence-corrected chi connectivity index (χ3v) is 4.81. The van der Waals surface area contributed by atoms with Crippen molar-refractivity contribution in [2.75, 3.05) is 11.9 Å². The zero-order valence-corrected chi connectivity index (χ0v) is 15.8. The third-order valence-electron chi connectivity index (χ3n) is 4.55. The van der Waals surface area contributed by atoms with Crippen LogP contribution in [0.4, 0.5) is 5.69 Å². The van der Waals surface area contributed by atoms with Gasteiger partial charge in [0.1, 0.15) is 5.75 Å². The normalized spacial score (nSPS) is 14.4. The van der Waals surface area contributed by atoms with Crippen molar-refractivity contribution in [1.82, 2.24) is 5.32 Å². The molecule has 27 heavy (non-hydrogen) atoms. The van der Waals surface area contributed by atoms with Crippen molar-refractivity contribution in [2.24, 2.45) is 0 Å². The van der Waals surface area contributed by atoms with E-state index in [2.05, 4.69) is 10.6 Å². The lowest BCUT2D eigenvalue weighted by atomic mass is 9.95. The number of benzene rings is 2. The Morgan fingerprint density at radius 3 is 2.30 bits per heavy atom. The number of carbonyl (C=O) groups excluding carboxylic acids is 2. The van der Waals surface area contributed by atoms with E-state index in [0.717, 1.165) is 12.8 Å². The highest BCUT2D eigenvalue weighted by Crippen LogP contribution is 2.18. The van der Waals surface area contributed by atoms with Gasteiger partial charge >= 0.3 is 0 Å². The Hall–Kier alpha value is -2.53. The molecule has 0 radical (unpaired) electrons. The maximum absolute atomic E-state index is 12.3. The first kappa shape index (κ1) is 19.2. The van der Waals surface area contributed by atoms with Crippen molar-refractivity contribution < 1.29 is 14.3 Å². The largest absolute Gasteiger partial charge is 0.484 e. The summed E-state index contributed by atoms with van der Waals surface area (Å²) in [5.74, 6) is 0.236. The molecule has 1 aliphatic carbocycles. The molecule has 0 aliphatic heterocycles. The Morgan fingerprint density at radius 1 is 0.963 bits per heavy atom. The molecule has 0 bridgehead atoms. The van der Waals surface area contributed by atoms with Crippen molar-refractivity contribution >= 4 is 29.1 Å². The van der Waals surface area contributed by atoms with E-state index in [-0.39, 0.29) is 24.5 Å². The predicted octanol–water partition coefficient (Wildman–Crippen LogP) is 4.42. The Labute approximate surface area is 164 Å². The summed E-state index contributed by atoms with van der Waals surface area (Å²) >= 11 is 5.81. The van der Waals surface area contributed by atoms with Crippen LogP contribution in [0.15, 0.2) is 48.5 Å². The maximum Gasteiger partial charge on any atom is 0.262 e. The second-order valence-electron chi connectivity index (χ2n) is 6.68. The number of hydrogen-bond acceptors (Lipinski definition) is 3. The van der Waals surface area contributed by atoms with E-state index in [1.165, 1.54) is 19.3 Å². The van der Waals surface area contributed by atoms with Gasteiger partial charge in [0.15, 0.2) is 6.61 Å². The molecule has 1 saturated carbocycles. The van der Waals surface area contributed by atoms with E-state index in [0.29, 0.717) is 22.0 Å². The monoisotopic (exact) mass is 386 g/mol. The van der Waals surface area contributed by atoms with Gasteiger partial charge in [0, 0.05) is 22.3 Å². The molecule has 2 aromatic carbocycles. The van der Waals surface area contributed by atoms with Crippen molar-refractivity contribution in [3.8, 4) is 5.75 Å². The number of nitrogens with one attached hydrogen (secondary N) is 2. The van der Waals surface area contributed by atoms with Crippen LogP contribution >= 0.6 is 11.6 Å². The number of ether oxygens (including phenoxy) is 1. The molecule has 2 amide bonds. The van der Waals surface area contributed by atoms with E-state index in [1.807, 2.05) is 0 Å². The van der Waals surface area contributed by atoms with Crippen LogP contribution < -0.4 is 15.4 Å². The number of halogens is 1. The molecular formula is C21H23ClN2O3.